The van der Waals surface area contributed by atoms with Crippen LogP contribution in [-0.4, -0.2) is 40.7 Å². The van der Waals surface area contributed by atoms with E-state index in [-0.39, 0.29) is 24.7 Å². The Bertz CT molecular complexity index is 615. The van der Waals surface area contributed by atoms with Crippen molar-refractivity contribution >= 4 is 17.4 Å². The Morgan fingerprint density at radius 1 is 1.36 bits per heavy atom. The summed E-state index contributed by atoms with van der Waals surface area (Å²) in [7, 11) is 1.67. The molecule has 2 rings (SSSR count). The molecule has 2 N–H and O–H groups in total. The lowest BCUT2D eigenvalue weighted by molar-refractivity contribution is 0.155. The summed E-state index contributed by atoms with van der Waals surface area (Å²) < 4.78 is 0. The molecular formula is C16H21N3O2S. The summed E-state index contributed by atoms with van der Waals surface area (Å²) in [5, 5.41) is 14.9. The molecule has 0 aliphatic rings. The van der Waals surface area contributed by atoms with Crippen LogP contribution in [0.25, 0.3) is 11.3 Å². The largest absolute Gasteiger partial charge is 0.394 e. The number of likely N-dealkylation sites (N-methyl/N-ethyl adjacent to an activating group) is 1. The Labute approximate surface area is 134 Å². The maximum absolute atomic E-state index is 12.1. The SMILES string of the molecule is CC(NC(=O)N(C)C(C)CO)c1nc(-c2ccccc2)cs1. The topological polar surface area (TPSA) is 65.5 Å². The van der Waals surface area contributed by atoms with Crippen LogP contribution < -0.4 is 5.32 Å². The minimum Gasteiger partial charge on any atom is -0.394 e. The van der Waals surface area contributed by atoms with Crippen LogP contribution in [0.2, 0.25) is 0 Å². The lowest BCUT2D eigenvalue weighted by Crippen LogP contribution is -2.44. The number of thiazole rings is 1. The molecule has 1 aromatic carbocycles. The van der Waals surface area contributed by atoms with Crippen molar-refractivity contribution in [3.8, 4) is 11.3 Å². The van der Waals surface area contributed by atoms with Crippen LogP contribution in [0.3, 0.4) is 0 Å². The van der Waals surface area contributed by atoms with Crippen molar-refractivity contribution in [2.45, 2.75) is 25.9 Å². The van der Waals surface area contributed by atoms with Gasteiger partial charge in [-0.3, -0.25) is 0 Å². The number of amides is 2. The molecule has 0 aliphatic heterocycles. The fourth-order valence-electron chi connectivity index (χ4n) is 1.90. The number of nitrogens with one attached hydrogen (secondary N) is 1. The molecule has 0 fully saturated rings. The number of benzene rings is 1. The minimum atomic E-state index is -0.219. The van der Waals surface area contributed by atoms with E-state index in [9.17, 15) is 4.79 Å². The number of nitrogens with zero attached hydrogens (tertiary/aromatic N) is 2. The van der Waals surface area contributed by atoms with Crippen LogP contribution in [0.1, 0.15) is 24.9 Å². The molecule has 118 valence electrons. The minimum absolute atomic E-state index is 0.0618. The summed E-state index contributed by atoms with van der Waals surface area (Å²) in [5.74, 6) is 0. The van der Waals surface area contributed by atoms with E-state index in [1.807, 2.05) is 42.6 Å². The molecule has 5 nitrogen and oxygen atoms in total. The number of carbonyl (C=O) groups is 1. The van der Waals surface area contributed by atoms with Gasteiger partial charge in [-0.1, -0.05) is 30.3 Å². The number of aromatic nitrogens is 1. The van der Waals surface area contributed by atoms with Gasteiger partial charge >= 0.3 is 6.03 Å². The van der Waals surface area contributed by atoms with Gasteiger partial charge in [0.05, 0.1) is 24.4 Å². The molecule has 2 atom stereocenters. The number of rotatable bonds is 5. The number of aliphatic hydroxyl groups excluding tert-OH is 1. The molecule has 2 aromatic rings. The van der Waals surface area contributed by atoms with Gasteiger partial charge in [-0.25, -0.2) is 9.78 Å². The predicted octanol–water partition coefficient (Wildman–Crippen LogP) is 2.89. The summed E-state index contributed by atoms with van der Waals surface area (Å²) in [6, 6.07) is 9.34. The van der Waals surface area contributed by atoms with Crippen molar-refractivity contribution in [3.63, 3.8) is 0 Å². The van der Waals surface area contributed by atoms with Crippen molar-refractivity contribution in [3.05, 3.63) is 40.7 Å². The smallest absolute Gasteiger partial charge is 0.318 e. The van der Waals surface area contributed by atoms with E-state index in [0.717, 1.165) is 16.3 Å². The molecule has 22 heavy (non-hydrogen) atoms. The van der Waals surface area contributed by atoms with Crippen LogP contribution >= 0.6 is 11.3 Å². The molecule has 0 bridgehead atoms. The monoisotopic (exact) mass is 319 g/mol. The fraction of sp³-hybridized carbons (Fsp3) is 0.375. The normalized spacial score (nSPS) is 13.5. The molecule has 0 saturated carbocycles. The van der Waals surface area contributed by atoms with E-state index in [2.05, 4.69) is 10.3 Å². The van der Waals surface area contributed by atoms with Gasteiger partial charge in [-0.2, -0.15) is 0 Å². The van der Waals surface area contributed by atoms with Crippen LogP contribution in [0, 0.1) is 0 Å². The lowest BCUT2D eigenvalue weighted by Gasteiger charge is -2.25. The van der Waals surface area contributed by atoms with E-state index in [1.54, 1.807) is 14.0 Å². The average Bonchev–Trinajstić information content (AvgIpc) is 3.04. The molecule has 0 saturated heterocycles. The van der Waals surface area contributed by atoms with Crippen molar-refractivity contribution < 1.29 is 9.90 Å². The van der Waals surface area contributed by atoms with Gasteiger partial charge in [0.2, 0.25) is 0 Å². The van der Waals surface area contributed by atoms with Crippen LogP contribution in [0.15, 0.2) is 35.7 Å². The Hall–Kier alpha value is -1.92. The maximum atomic E-state index is 12.1. The van der Waals surface area contributed by atoms with E-state index in [1.165, 1.54) is 16.2 Å². The highest BCUT2D eigenvalue weighted by Crippen LogP contribution is 2.25. The van der Waals surface area contributed by atoms with E-state index in [4.69, 9.17) is 5.11 Å². The Balaban J connectivity index is 2.03. The fourth-order valence-corrected chi connectivity index (χ4v) is 2.73. The van der Waals surface area contributed by atoms with Gasteiger partial charge in [-0.05, 0) is 13.8 Å². The van der Waals surface area contributed by atoms with Gasteiger partial charge in [0.15, 0.2) is 0 Å². The van der Waals surface area contributed by atoms with Crippen molar-refractivity contribution in [1.82, 2.24) is 15.2 Å². The lowest BCUT2D eigenvalue weighted by atomic mass is 10.2. The molecule has 1 aromatic heterocycles. The molecular weight excluding hydrogens is 298 g/mol. The van der Waals surface area contributed by atoms with Gasteiger partial charge in [0, 0.05) is 18.0 Å². The Morgan fingerprint density at radius 2 is 2.05 bits per heavy atom. The second-order valence-corrected chi connectivity index (χ2v) is 6.14. The van der Waals surface area contributed by atoms with E-state index in [0.29, 0.717) is 0 Å². The number of aliphatic hydroxyl groups is 1. The third kappa shape index (κ3) is 3.84. The zero-order valence-electron chi connectivity index (χ0n) is 13.0. The summed E-state index contributed by atoms with van der Waals surface area (Å²) in [5.41, 5.74) is 1.98. The van der Waals surface area contributed by atoms with Gasteiger partial charge in [0.1, 0.15) is 5.01 Å². The first-order chi connectivity index (χ1) is 10.5. The third-order valence-electron chi connectivity index (χ3n) is 3.55. The van der Waals surface area contributed by atoms with Crippen molar-refractivity contribution in [1.29, 1.82) is 0 Å². The summed E-state index contributed by atoms with van der Waals surface area (Å²) in [6.45, 7) is 3.64. The summed E-state index contributed by atoms with van der Waals surface area (Å²) in [6.07, 6.45) is 0. The summed E-state index contributed by atoms with van der Waals surface area (Å²) >= 11 is 1.53. The van der Waals surface area contributed by atoms with Crippen LogP contribution in [0.4, 0.5) is 4.79 Å². The summed E-state index contributed by atoms with van der Waals surface area (Å²) in [4.78, 5) is 18.2. The highest BCUT2D eigenvalue weighted by molar-refractivity contribution is 7.10. The highest BCUT2D eigenvalue weighted by atomic mass is 32.1. The molecule has 0 radical (unpaired) electrons. The standard InChI is InChI=1S/C16H21N3O2S/c1-11(9-20)19(3)16(21)17-12(2)15-18-14(10-22-15)13-7-5-4-6-8-13/h4-8,10-12,20H,9H2,1-3H3,(H,17,21). The highest BCUT2D eigenvalue weighted by Gasteiger charge is 2.19. The molecule has 0 spiro atoms. The molecule has 2 amide bonds. The van der Waals surface area contributed by atoms with Crippen molar-refractivity contribution in [2.24, 2.45) is 0 Å². The van der Waals surface area contributed by atoms with Crippen molar-refractivity contribution in [2.75, 3.05) is 13.7 Å². The average molecular weight is 319 g/mol. The van der Waals surface area contributed by atoms with Gasteiger partial charge < -0.3 is 15.3 Å². The predicted molar refractivity (Wildman–Crippen MR) is 88.8 cm³/mol. The molecule has 0 aliphatic carbocycles. The third-order valence-corrected chi connectivity index (χ3v) is 4.58. The molecule has 2 unspecified atom stereocenters. The second kappa shape index (κ2) is 7.38. The first-order valence-corrected chi connectivity index (χ1v) is 8.06. The zero-order chi connectivity index (χ0) is 16.1. The van der Waals surface area contributed by atoms with Gasteiger partial charge in [0.25, 0.3) is 0 Å². The molecule has 6 heteroatoms. The number of carbonyl (C=O) groups excluding carboxylic acids is 1. The Morgan fingerprint density at radius 3 is 2.68 bits per heavy atom. The first kappa shape index (κ1) is 16.5. The number of hydrogen-bond donors (Lipinski definition) is 2. The van der Waals surface area contributed by atoms with Crippen LogP contribution in [0.5, 0.6) is 0 Å². The quantitative estimate of drug-likeness (QED) is 0.890. The first-order valence-electron chi connectivity index (χ1n) is 7.18. The van der Waals surface area contributed by atoms with Crippen LogP contribution in [-0.2, 0) is 0 Å². The van der Waals surface area contributed by atoms with Gasteiger partial charge in [-0.15, -0.1) is 11.3 Å². The van der Waals surface area contributed by atoms with E-state index < -0.39 is 0 Å². The maximum Gasteiger partial charge on any atom is 0.318 e. The number of hydrogen-bond acceptors (Lipinski definition) is 4. The Kier molecular flexibility index (Phi) is 5.51. The van der Waals surface area contributed by atoms with E-state index >= 15 is 0 Å². The zero-order valence-corrected chi connectivity index (χ0v) is 13.8. The second-order valence-electron chi connectivity index (χ2n) is 5.25. The molecule has 1 heterocycles. The number of urea groups is 1.